The van der Waals surface area contributed by atoms with Crippen molar-refractivity contribution in [3.63, 3.8) is 0 Å². The Kier molecular flexibility index (Phi) is 3.70. The van der Waals surface area contributed by atoms with Crippen LogP contribution < -0.4 is 10.1 Å². The zero-order chi connectivity index (χ0) is 15.9. The highest BCUT2D eigenvalue weighted by molar-refractivity contribution is 6.02. The van der Waals surface area contributed by atoms with Crippen LogP contribution >= 0.6 is 0 Å². The topological polar surface area (TPSA) is 71.0 Å². The van der Waals surface area contributed by atoms with Gasteiger partial charge in [0.25, 0.3) is 5.91 Å². The quantitative estimate of drug-likeness (QED) is 0.817. The van der Waals surface area contributed by atoms with Gasteiger partial charge in [0.2, 0.25) is 0 Å². The second-order valence-electron chi connectivity index (χ2n) is 5.52. The SMILES string of the molecule is C/C=C1\C[C@H]2[C@H](OC)Nc3cc(O)c(OC)cc3C(=O)N2C1. The molecule has 2 aliphatic heterocycles. The summed E-state index contributed by atoms with van der Waals surface area (Å²) in [6, 6.07) is 3.02. The van der Waals surface area contributed by atoms with E-state index >= 15 is 0 Å². The molecule has 118 valence electrons. The normalized spacial score (nSPS) is 25.5. The second-order valence-corrected chi connectivity index (χ2v) is 5.52. The smallest absolute Gasteiger partial charge is 0.256 e. The van der Waals surface area contributed by atoms with Gasteiger partial charge in [0.1, 0.15) is 6.23 Å². The van der Waals surface area contributed by atoms with Crippen molar-refractivity contribution >= 4 is 11.6 Å². The number of benzene rings is 1. The van der Waals surface area contributed by atoms with E-state index in [9.17, 15) is 9.90 Å². The predicted octanol–water partition coefficient (Wildman–Crippen LogP) is 1.96. The summed E-state index contributed by atoms with van der Waals surface area (Å²) in [4.78, 5) is 14.7. The number of nitrogens with zero attached hydrogens (tertiary/aromatic N) is 1. The zero-order valence-corrected chi connectivity index (χ0v) is 12.9. The number of amides is 1. The molecule has 1 aromatic carbocycles. The van der Waals surface area contributed by atoms with Crippen molar-refractivity contribution in [2.24, 2.45) is 0 Å². The van der Waals surface area contributed by atoms with Gasteiger partial charge in [-0.3, -0.25) is 4.79 Å². The predicted molar refractivity (Wildman–Crippen MR) is 82.3 cm³/mol. The van der Waals surface area contributed by atoms with Crippen molar-refractivity contribution in [2.75, 3.05) is 26.1 Å². The average Bonchev–Trinajstić information content (AvgIpc) is 2.92. The maximum absolute atomic E-state index is 12.9. The summed E-state index contributed by atoms with van der Waals surface area (Å²) < 4.78 is 10.7. The molecule has 0 unspecified atom stereocenters. The molecule has 6 heteroatoms. The van der Waals surface area contributed by atoms with Crippen molar-refractivity contribution in [3.05, 3.63) is 29.3 Å². The van der Waals surface area contributed by atoms with Gasteiger partial charge in [-0.05, 0) is 19.4 Å². The summed E-state index contributed by atoms with van der Waals surface area (Å²) in [5.41, 5.74) is 2.26. The molecule has 0 aromatic heterocycles. The number of methoxy groups -OCH3 is 2. The van der Waals surface area contributed by atoms with Gasteiger partial charge in [-0.1, -0.05) is 11.6 Å². The lowest BCUT2D eigenvalue weighted by atomic mass is 10.1. The maximum Gasteiger partial charge on any atom is 0.256 e. The monoisotopic (exact) mass is 304 g/mol. The number of hydrogen-bond acceptors (Lipinski definition) is 5. The van der Waals surface area contributed by atoms with E-state index in [2.05, 4.69) is 5.32 Å². The fourth-order valence-electron chi connectivity index (χ4n) is 3.13. The summed E-state index contributed by atoms with van der Waals surface area (Å²) in [6.07, 6.45) is 2.51. The molecule has 1 saturated heterocycles. The van der Waals surface area contributed by atoms with Crippen molar-refractivity contribution in [2.45, 2.75) is 25.6 Å². The number of phenols is 1. The Morgan fingerprint density at radius 2 is 2.18 bits per heavy atom. The Bertz CT molecular complexity index is 641. The molecular weight excluding hydrogens is 284 g/mol. The minimum atomic E-state index is -0.324. The number of carbonyl (C=O) groups is 1. The van der Waals surface area contributed by atoms with Gasteiger partial charge in [0.05, 0.1) is 24.4 Å². The Balaban J connectivity index is 2.09. The van der Waals surface area contributed by atoms with E-state index in [0.717, 1.165) is 6.42 Å². The first kappa shape index (κ1) is 14.7. The first-order chi connectivity index (χ1) is 10.6. The van der Waals surface area contributed by atoms with Crippen LogP contribution in [0.2, 0.25) is 0 Å². The lowest BCUT2D eigenvalue weighted by Gasteiger charge is -2.27. The minimum absolute atomic E-state index is 0.00685. The minimum Gasteiger partial charge on any atom is -0.504 e. The third kappa shape index (κ3) is 2.20. The Hall–Kier alpha value is -2.21. The number of anilines is 1. The molecule has 2 aliphatic rings. The number of nitrogens with one attached hydrogen (secondary N) is 1. The average molecular weight is 304 g/mol. The number of aromatic hydroxyl groups is 1. The van der Waals surface area contributed by atoms with Crippen LogP contribution in [0.4, 0.5) is 5.69 Å². The number of rotatable bonds is 2. The van der Waals surface area contributed by atoms with Crippen LogP contribution in [0.15, 0.2) is 23.8 Å². The van der Waals surface area contributed by atoms with Crippen molar-refractivity contribution in [1.29, 1.82) is 0 Å². The molecule has 6 nitrogen and oxygen atoms in total. The molecule has 1 aromatic rings. The summed E-state index contributed by atoms with van der Waals surface area (Å²) in [7, 11) is 3.08. The Morgan fingerprint density at radius 1 is 1.41 bits per heavy atom. The van der Waals surface area contributed by atoms with Crippen molar-refractivity contribution in [1.82, 2.24) is 4.90 Å². The maximum atomic E-state index is 12.9. The molecule has 0 aliphatic carbocycles. The largest absolute Gasteiger partial charge is 0.504 e. The molecule has 3 rings (SSSR count). The standard InChI is InChI=1S/C16H20N2O4/c1-4-9-5-12-15(22-3)17-11-7-13(19)14(21-2)6-10(11)16(20)18(12)8-9/h4,6-7,12,15,17,19H,5,8H2,1-3H3/b9-4+/t12-,15-/m0/s1. The van der Waals surface area contributed by atoms with Crippen LogP contribution in [0, 0.1) is 0 Å². The third-order valence-corrected chi connectivity index (χ3v) is 4.36. The van der Waals surface area contributed by atoms with Gasteiger partial charge >= 0.3 is 0 Å². The van der Waals surface area contributed by atoms with Crippen LogP contribution in [0.25, 0.3) is 0 Å². The highest BCUT2D eigenvalue weighted by atomic mass is 16.5. The summed E-state index contributed by atoms with van der Waals surface area (Å²) in [5, 5.41) is 13.2. The number of ether oxygens (including phenoxy) is 2. The Labute approximate surface area is 129 Å². The number of phenolic OH excluding ortho intramolecular Hbond substituents is 1. The van der Waals surface area contributed by atoms with Crippen molar-refractivity contribution in [3.8, 4) is 11.5 Å². The van der Waals surface area contributed by atoms with Gasteiger partial charge in [-0.15, -0.1) is 0 Å². The highest BCUT2D eigenvalue weighted by Gasteiger charge is 2.41. The van der Waals surface area contributed by atoms with Gasteiger partial charge in [-0.2, -0.15) is 0 Å². The number of fused-ring (bicyclic) bond motifs is 2. The van der Waals surface area contributed by atoms with Crippen LogP contribution in [0.5, 0.6) is 11.5 Å². The van der Waals surface area contributed by atoms with Crippen LogP contribution in [-0.4, -0.2) is 48.9 Å². The van der Waals surface area contributed by atoms with E-state index in [0.29, 0.717) is 17.8 Å². The van der Waals surface area contributed by atoms with Crippen molar-refractivity contribution < 1.29 is 19.4 Å². The van der Waals surface area contributed by atoms with E-state index in [4.69, 9.17) is 9.47 Å². The molecule has 2 N–H and O–H groups in total. The lowest BCUT2D eigenvalue weighted by molar-refractivity contribution is 0.0420. The molecule has 1 fully saturated rings. The van der Waals surface area contributed by atoms with Crippen LogP contribution in [0.3, 0.4) is 0 Å². The fraction of sp³-hybridized carbons (Fsp3) is 0.438. The molecular formula is C16H20N2O4. The zero-order valence-electron chi connectivity index (χ0n) is 12.9. The number of carbonyl (C=O) groups excluding carboxylic acids is 1. The van der Waals surface area contributed by atoms with Crippen LogP contribution in [0.1, 0.15) is 23.7 Å². The summed E-state index contributed by atoms with van der Waals surface area (Å²) in [6.45, 7) is 2.58. The molecule has 0 radical (unpaired) electrons. The Morgan fingerprint density at radius 3 is 2.82 bits per heavy atom. The second kappa shape index (κ2) is 5.53. The van der Waals surface area contributed by atoms with Gasteiger partial charge in [-0.25, -0.2) is 0 Å². The molecule has 1 amide bonds. The molecule has 0 bridgehead atoms. The highest BCUT2D eigenvalue weighted by Crippen LogP contribution is 2.38. The fourth-order valence-corrected chi connectivity index (χ4v) is 3.13. The first-order valence-corrected chi connectivity index (χ1v) is 7.24. The molecule has 2 atom stereocenters. The summed E-state index contributed by atoms with van der Waals surface area (Å²) in [5.74, 6) is 0.196. The van der Waals surface area contributed by atoms with E-state index in [1.54, 1.807) is 13.2 Å². The van der Waals surface area contributed by atoms with Crippen LogP contribution in [-0.2, 0) is 4.74 Å². The van der Waals surface area contributed by atoms with Gasteiger partial charge < -0.3 is 24.8 Å². The number of allylic oxidation sites excluding steroid dienone is 1. The molecule has 2 heterocycles. The lowest BCUT2D eigenvalue weighted by Crippen LogP contribution is -2.44. The van der Waals surface area contributed by atoms with E-state index in [1.807, 2.05) is 17.9 Å². The van der Waals surface area contributed by atoms with E-state index in [-0.39, 0.29) is 29.7 Å². The molecule has 0 saturated carbocycles. The summed E-state index contributed by atoms with van der Waals surface area (Å²) >= 11 is 0. The first-order valence-electron chi connectivity index (χ1n) is 7.24. The molecule has 0 spiro atoms. The van der Waals surface area contributed by atoms with Gasteiger partial charge in [0.15, 0.2) is 11.5 Å². The third-order valence-electron chi connectivity index (χ3n) is 4.36. The van der Waals surface area contributed by atoms with Gasteiger partial charge in [0, 0.05) is 19.7 Å². The van der Waals surface area contributed by atoms with E-state index in [1.165, 1.54) is 18.7 Å². The molecule has 22 heavy (non-hydrogen) atoms. The van der Waals surface area contributed by atoms with E-state index < -0.39 is 0 Å². The number of hydrogen-bond donors (Lipinski definition) is 2.